The maximum atomic E-state index is 5.99. The van der Waals surface area contributed by atoms with Crippen LogP contribution in [0.4, 0.5) is 5.95 Å². The summed E-state index contributed by atoms with van der Waals surface area (Å²) in [6.07, 6.45) is 0.916. The standard InChI is InChI=1S/C24H22BrN3O/c1-2-29-23-10-6-3-7-18(23)22-15-20(16-11-13-17(25)14-12-16)27-24-26-19-8-4-5-9-21(19)28(22)24/h3-14,20,22H,2,15H2,1H3,(H,26,27)/t20-,22+/m0/s1. The average Bonchev–Trinajstić information content (AvgIpc) is 3.13. The van der Waals surface area contributed by atoms with Gasteiger partial charge in [-0.15, -0.1) is 0 Å². The molecule has 5 heteroatoms. The number of nitrogens with zero attached hydrogens (tertiary/aromatic N) is 2. The molecule has 0 spiro atoms. The Morgan fingerprint density at radius 1 is 1.03 bits per heavy atom. The lowest BCUT2D eigenvalue weighted by atomic mass is 9.92. The van der Waals surface area contributed by atoms with Crippen LogP contribution >= 0.6 is 15.9 Å². The molecule has 1 N–H and O–H groups in total. The third-order valence-corrected chi connectivity index (χ3v) is 6.05. The second kappa shape index (κ2) is 7.56. The minimum atomic E-state index is 0.134. The molecule has 0 saturated heterocycles. The van der Waals surface area contributed by atoms with Crippen molar-refractivity contribution in [2.24, 2.45) is 0 Å². The third-order valence-electron chi connectivity index (χ3n) is 5.52. The van der Waals surface area contributed by atoms with E-state index in [0.29, 0.717) is 6.61 Å². The van der Waals surface area contributed by atoms with Gasteiger partial charge in [0.05, 0.1) is 29.7 Å². The molecule has 1 aliphatic rings. The number of rotatable bonds is 4. The molecular weight excluding hydrogens is 426 g/mol. The molecule has 0 bridgehead atoms. The Bertz CT molecular complexity index is 1150. The van der Waals surface area contributed by atoms with Crippen LogP contribution in [0.2, 0.25) is 0 Å². The Kier molecular flexibility index (Phi) is 4.76. The molecule has 1 aliphatic heterocycles. The highest BCUT2D eigenvalue weighted by molar-refractivity contribution is 9.10. The second-order valence-corrected chi connectivity index (χ2v) is 8.18. The summed E-state index contributed by atoms with van der Waals surface area (Å²) in [5.74, 6) is 1.85. The van der Waals surface area contributed by atoms with E-state index in [1.54, 1.807) is 0 Å². The fourth-order valence-electron chi connectivity index (χ4n) is 4.23. The van der Waals surface area contributed by atoms with Gasteiger partial charge in [-0.25, -0.2) is 4.98 Å². The van der Waals surface area contributed by atoms with Crippen molar-refractivity contribution in [2.75, 3.05) is 11.9 Å². The van der Waals surface area contributed by atoms with E-state index < -0.39 is 0 Å². The van der Waals surface area contributed by atoms with Crippen LogP contribution in [0.5, 0.6) is 5.75 Å². The number of anilines is 1. The molecule has 29 heavy (non-hydrogen) atoms. The van der Waals surface area contributed by atoms with Gasteiger partial charge in [0.1, 0.15) is 5.75 Å². The maximum absolute atomic E-state index is 5.99. The number of ether oxygens (including phenoxy) is 1. The molecule has 4 aromatic rings. The summed E-state index contributed by atoms with van der Waals surface area (Å²) in [7, 11) is 0. The fraction of sp³-hybridized carbons (Fsp3) is 0.208. The second-order valence-electron chi connectivity index (χ2n) is 7.26. The number of halogens is 1. The fourth-order valence-corrected chi connectivity index (χ4v) is 4.49. The van der Waals surface area contributed by atoms with Crippen molar-refractivity contribution in [3.8, 4) is 5.75 Å². The first-order valence-electron chi connectivity index (χ1n) is 9.95. The van der Waals surface area contributed by atoms with E-state index in [1.807, 2.05) is 19.1 Å². The zero-order chi connectivity index (χ0) is 19.8. The van der Waals surface area contributed by atoms with Crippen molar-refractivity contribution in [3.05, 3.63) is 88.4 Å². The first kappa shape index (κ1) is 18.3. The van der Waals surface area contributed by atoms with Gasteiger partial charge in [-0.2, -0.15) is 0 Å². The number of para-hydroxylation sites is 3. The van der Waals surface area contributed by atoms with Crippen LogP contribution in [-0.2, 0) is 0 Å². The highest BCUT2D eigenvalue weighted by Gasteiger charge is 2.32. The van der Waals surface area contributed by atoms with Crippen LogP contribution in [0.25, 0.3) is 11.0 Å². The molecule has 4 nitrogen and oxygen atoms in total. The summed E-state index contributed by atoms with van der Waals surface area (Å²) in [4.78, 5) is 4.90. The van der Waals surface area contributed by atoms with Gasteiger partial charge in [0.25, 0.3) is 0 Å². The van der Waals surface area contributed by atoms with Crippen LogP contribution in [0, 0.1) is 0 Å². The number of aromatic nitrogens is 2. The van der Waals surface area contributed by atoms with Crippen LogP contribution in [0.15, 0.2) is 77.3 Å². The van der Waals surface area contributed by atoms with E-state index in [1.165, 1.54) is 11.1 Å². The van der Waals surface area contributed by atoms with Gasteiger partial charge in [0.15, 0.2) is 0 Å². The first-order chi connectivity index (χ1) is 14.2. The van der Waals surface area contributed by atoms with E-state index in [0.717, 1.165) is 33.6 Å². The molecule has 0 radical (unpaired) electrons. The zero-order valence-electron chi connectivity index (χ0n) is 16.2. The quantitative estimate of drug-likeness (QED) is 0.396. The SMILES string of the molecule is CCOc1ccccc1[C@H]1C[C@@H](c2ccc(Br)cc2)Nc2nc3ccccc3n21. The van der Waals surface area contributed by atoms with Gasteiger partial charge >= 0.3 is 0 Å². The molecule has 0 unspecified atom stereocenters. The van der Waals surface area contributed by atoms with E-state index >= 15 is 0 Å². The zero-order valence-corrected chi connectivity index (χ0v) is 17.8. The molecule has 0 fully saturated rings. The van der Waals surface area contributed by atoms with Crippen LogP contribution < -0.4 is 10.1 Å². The topological polar surface area (TPSA) is 39.1 Å². The molecule has 0 saturated carbocycles. The molecule has 3 aromatic carbocycles. The van der Waals surface area contributed by atoms with Crippen LogP contribution in [-0.4, -0.2) is 16.2 Å². The lowest BCUT2D eigenvalue weighted by molar-refractivity contribution is 0.329. The maximum Gasteiger partial charge on any atom is 0.204 e. The van der Waals surface area contributed by atoms with Crippen LogP contribution in [0.1, 0.15) is 36.6 Å². The normalized spacial score (nSPS) is 18.3. The van der Waals surface area contributed by atoms with Gasteiger partial charge < -0.3 is 14.6 Å². The summed E-state index contributed by atoms with van der Waals surface area (Å²) < 4.78 is 9.40. The van der Waals surface area contributed by atoms with Gasteiger partial charge in [0.2, 0.25) is 5.95 Å². The third kappa shape index (κ3) is 3.29. The number of nitrogens with one attached hydrogen (secondary N) is 1. The van der Waals surface area contributed by atoms with Crippen molar-refractivity contribution in [1.29, 1.82) is 0 Å². The molecule has 2 heterocycles. The van der Waals surface area contributed by atoms with E-state index in [4.69, 9.17) is 9.72 Å². The smallest absolute Gasteiger partial charge is 0.204 e. The molecule has 0 amide bonds. The molecular formula is C24H22BrN3O. The number of imidazole rings is 1. The summed E-state index contributed by atoms with van der Waals surface area (Å²) in [6, 6.07) is 25.5. The minimum absolute atomic E-state index is 0.134. The monoisotopic (exact) mass is 447 g/mol. The van der Waals surface area contributed by atoms with E-state index in [-0.39, 0.29) is 12.1 Å². The largest absolute Gasteiger partial charge is 0.494 e. The number of hydrogen-bond acceptors (Lipinski definition) is 3. The van der Waals surface area contributed by atoms with Crippen molar-refractivity contribution in [3.63, 3.8) is 0 Å². The Balaban J connectivity index is 1.67. The first-order valence-corrected chi connectivity index (χ1v) is 10.7. The average molecular weight is 448 g/mol. The van der Waals surface area contributed by atoms with Crippen molar-refractivity contribution in [2.45, 2.75) is 25.4 Å². The predicted octanol–water partition coefficient (Wildman–Crippen LogP) is 6.34. The Morgan fingerprint density at radius 3 is 2.62 bits per heavy atom. The summed E-state index contributed by atoms with van der Waals surface area (Å²) in [5, 5.41) is 3.67. The summed E-state index contributed by atoms with van der Waals surface area (Å²) in [6.45, 7) is 2.68. The van der Waals surface area contributed by atoms with Crippen molar-refractivity contribution < 1.29 is 4.74 Å². The molecule has 1 aromatic heterocycles. The minimum Gasteiger partial charge on any atom is -0.494 e. The van der Waals surface area contributed by atoms with Crippen LogP contribution in [0.3, 0.4) is 0 Å². The summed E-state index contributed by atoms with van der Waals surface area (Å²) in [5.41, 5.74) is 4.60. The van der Waals surface area contributed by atoms with E-state index in [2.05, 4.69) is 86.5 Å². The highest BCUT2D eigenvalue weighted by atomic mass is 79.9. The Labute approximate surface area is 178 Å². The number of fused-ring (bicyclic) bond motifs is 3. The van der Waals surface area contributed by atoms with Gasteiger partial charge in [-0.1, -0.05) is 58.4 Å². The number of hydrogen-bond donors (Lipinski definition) is 1. The molecule has 2 atom stereocenters. The molecule has 146 valence electrons. The van der Waals surface area contributed by atoms with Gasteiger partial charge in [0, 0.05) is 10.0 Å². The predicted molar refractivity (Wildman–Crippen MR) is 121 cm³/mol. The van der Waals surface area contributed by atoms with Crippen molar-refractivity contribution >= 4 is 32.9 Å². The Morgan fingerprint density at radius 2 is 1.79 bits per heavy atom. The lowest BCUT2D eigenvalue weighted by Crippen LogP contribution is -2.27. The van der Waals surface area contributed by atoms with Gasteiger partial charge in [-0.3, -0.25) is 0 Å². The lowest BCUT2D eigenvalue weighted by Gasteiger charge is -2.34. The molecule has 5 rings (SSSR count). The van der Waals surface area contributed by atoms with E-state index in [9.17, 15) is 0 Å². The summed E-state index contributed by atoms with van der Waals surface area (Å²) >= 11 is 3.54. The van der Waals surface area contributed by atoms with Crippen molar-refractivity contribution in [1.82, 2.24) is 9.55 Å². The molecule has 0 aliphatic carbocycles. The highest BCUT2D eigenvalue weighted by Crippen LogP contribution is 2.43. The Hall–Kier alpha value is -2.79. The van der Waals surface area contributed by atoms with Gasteiger partial charge in [-0.05, 0) is 49.2 Å². The number of benzene rings is 3.